The van der Waals surface area contributed by atoms with Crippen molar-refractivity contribution in [1.29, 1.82) is 0 Å². The van der Waals surface area contributed by atoms with Crippen LogP contribution in [0.1, 0.15) is 53.0 Å². The molecule has 6 amide bonds. The highest BCUT2D eigenvalue weighted by molar-refractivity contribution is 5.97. The van der Waals surface area contributed by atoms with Gasteiger partial charge in [0.05, 0.1) is 25.2 Å². The van der Waals surface area contributed by atoms with Crippen molar-refractivity contribution in [2.45, 2.75) is 96.2 Å². The van der Waals surface area contributed by atoms with Gasteiger partial charge in [-0.2, -0.15) is 0 Å². The number of hydrogen-bond donors (Lipinski definition) is 11. The van der Waals surface area contributed by atoms with Crippen LogP contribution in [0.15, 0.2) is 24.3 Å². The Hall–Kier alpha value is -4.81. The molecule has 49 heavy (non-hydrogen) atoms. The molecule has 1 aromatic rings. The summed E-state index contributed by atoms with van der Waals surface area (Å²) >= 11 is 0. The number of phenolic OH excluding ortho intramolecular Hbond substituents is 1. The van der Waals surface area contributed by atoms with E-state index >= 15 is 0 Å². The van der Waals surface area contributed by atoms with Crippen molar-refractivity contribution in [3.05, 3.63) is 29.8 Å². The minimum absolute atomic E-state index is 0.00320. The van der Waals surface area contributed by atoms with Crippen molar-refractivity contribution in [2.75, 3.05) is 6.61 Å². The normalized spacial score (nSPS) is 15.5. The summed E-state index contributed by atoms with van der Waals surface area (Å²) in [4.78, 5) is 88.5. The molecule has 0 saturated carbocycles. The van der Waals surface area contributed by atoms with E-state index in [0.717, 1.165) is 6.92 Å². The summed E-state index contributed by atoms with van der Waals surface area (Å²) in [6.45, 7) is 6.74. The van der Waals surface area contributed by atoms with E-state index in [2.05, 4.69) is 26.6 Å². The van der Waals surface area contributed by atoms with Crippen LogP contribution >= 0.6 is 0 Å². The number of nitrogens with one attached hydrogen (secondary N) is 5. The summed E-state index contributed by atoms with van der Waals surface area (Å²) < 4.78 is 0. The summed E-state index contributed by atoms with van der Waals surface area (Å²) in [5.41, 5.74) is 11.9. The topological polar surface area (TPSA) is 313 Å². The highest BCUT2D eigenvalue weighted by Gasteiger charge is 2.35. The van der Waals surface area contributed by atoms with Gasteiger partial charge >= 0.3 is 5.97 Å². The third-order valence-corrected chi connectivity index (χ3v) is 7.22. The molecule has 0 aliphatic carbocycles. The zero-order valence-corrected chi connectivity index (χ0v) is 28.1. The van der Waals surface area contributed by atoms with Gasteiger partial charge in [0, 0.05) is 0 Å². The number of aliphatic hydroxyl groups is 2. The van der Waals surface area contributed by atoms with E-state index in [1.807, 2.05) is 0 Å². The van der Waals surface area contributed by atoms with Crippen LogP contribution in [0, 0.1) is 11.8 Å². The van der Waals surface area contributed by atoms with Gasteiger partial charge in [-0.25, -0.2) is 4.79 Å². The predicted octanol–water partition coefficient (Wildman–Crippen LogP) is -3.28. The SMILES string of the molecule is CC(C)C[C@H](NC(=O)[C@H](CC(N)=O)NC(=O)[C@@H](N)Cc1ccc(O)cc1)C(=O)N[C@H](C(=O)N[C@@H](CO)C(=O)N[C@H](C(=O)O)C(C)C)C(C)O. The third kappa shape index (κ3) is 14.5. The van der Waals surface area contributed by atoms with Crippen molar-refractivity contribution >= 4 is 41.4 Å². The summed E-state index contributed by atoms with van der Waals surface area (Å²) in [6.07, 6.45) is -2.19. The average molecular weight is 696 g/mol. The number of carboxylic acids is 1. The fourth-order valence-electron chi connectivity index (χ4n) is 4.53. The van der Waals surface area contributed by atoms with Crippen LogP contribution in [0.2, 0.25) is 0 Å². The van der Waals surface area contributed by atoms with Crippen LogP contribution < -0.4 is 38.1 Å². The lowest BCUT2D eigenvalue weighted by Crippen LogP contribution is -2.62. The van der Waals surface area contributed by atoms with Gasteiger partial charge in [0.15, 0.2) is 0 Å². The van der Waals surface area contributed by atoms with Crippen molar-refractivity contribution in [1.82, 2.24) is 26.6 Å². The Morgan fingerprint density at radius 3 is 1.67 bits per heavy atom. The molecule has 0 spiro atoms. The molecule has 0 saturated heterocycles. The second kappa shape index (κ2) is 19.9. The van der Waals surface area contributed by atoms with Gasteiger partial charge in [0.2, 0.25) is 35.4 Å². The lowest BCUT2D eigenvalue weighted by atomic mass is 10.0. The number of nitrogens with two attached hydrogens (primary N) is 2. The van der Waals surface area contributed by atoms with Crippen molar-refractivity contribution in [2.24, 2.45) is 23.3 Å². The number of phenols is 1. The summed E-state index contributed by atoms with van der Waals surface area (Å²) in [5.74, 6) is -7.90. The first-order chi connectivity index (χ1) is 22.8. The Bertz CT molecular complexity index is 1320. The third-order valence-electron chi connectivity index (χ3n) is 7.22. The molecule has 0 aromatic heterocycles. The quantitative estimate of drug-likeness (QED) is 0.0640. The maximum Gasteiger partial charge on any atom is 0.326 e. The molecule has 0 aliphatic rings. The van der Waals surface area contributed by atoms with Crippen LogP contribution in [0.3, 0.4) is 0 Å². The number of amides is 6. The monoisotopic (exact) mass is 695 g/mol. The lowest BCUT2D eigenvalue weighted by molar-refractivity contribution is -0.144. The van der Waals surface area contributed by atoms with E-state index < -0.39 is 103 Å². The Balaban J connectivity index is 3.10. The summed E-state index contributed by atoms with van der Waals surface area (Å²) in [6, 6.07) is -2.85. The average Bonchev–Trinajstić information content (AvgIpc) is 3.00. The number of carbonyl (C=O) groups excluding carboxylic acids is 6. The van der Waals surface area contributed by atoms with Gasteiger partial charge in [0.25, 0.3) is 0 Å². The molecule has 18 nitrogen and oxygen atoms in total. The molecule has 0 radical (unpaired) electrons. The van der Waals surface area contributed by atoms with Crippen LogP contribution in [-0.2, 0) is 40.0 Å². The number of carbonyl (C=O) groups is 7. The minimum Gasteiger partial charge on any atom is -0.508 e. The smallest absolute Gasteiger partial charge is 0.326 e. The molecule has 0 bridgehead atoms. The van der Waals surface area contributed by atoms with Crippen molar-refractivity contribution < 1.29 is 54.0 Å². The van der Waals surface area contributed by atoms with E-state index in [9.17, 15) is 54.0 Å². The van der Waals surface area contributed by atoms with Crippen LogP contribution in [0.25, 0.3) is 0 Å². The zero-order valence-electron chi connectivity index (χ0n) is 28.1. The van der Waals surface area contributed by atoms with Crippen LogP contribution in [0.4, 0.5) is 0 Å². The fourth-order valence-corrected chi connectivity index (χ4v) is 4.53. The second-order valence-corrected chi connectivity index (χ2v) is 12.4. The standard InChI is InChI=1S/C31H49N7O11/c1-14(2)10-20(35-27(44)21(12-23(33)42)34-26(43)19(32)11-17-6-8-18(41)9-7-17)28(45)38-25(16(5)40)30(47)36-22(13-39)29(46)37-24(15(3)4)31(48)49/h6-9,14-16,19-22,24-25,39-41H,10-13,32H2,1-5H3,(H2,33,42)(H,34,43)(H,35,44)(H,36,47)(H,37,46)(H,38,45)(H,48,49)/t16?,19-,20-,21-,22-,24-,25-/m0/s1. The van der Waals surface area contributed by atoms with E-state index in [1.54, 1.807) is 26.0 Å². The van der Waals surface area contributed by atoms with E-state index in [-0.39, 0.29) is 24.5 Å². The number of hydrogen-bond acceptors (Lipinski definition) is 11. The number of aliphatic carboxylic acids is 1. The Morgan fingerprint density at radius 1 is 0.714 bits per heavy atom. The molecule has 0 aliphatic heterocycles. The zero-order chi connectivity index (χ0) is 37.6. The van der Waals surface area contributed by atoms with E-state index in [4.69, 9.17) is 11.5 Å². The number of aliphatic hydroxyl groups excluding tert-OH is 2. The van der Waals surface area contributed by atoms with Gasteiger partial charge in [-0.1, -0.05) is 39.8 Å². The van der Waals surface area contributed by atoms with Gasteiger partial charge in [-0.3, -0.25) is 28.8 Å². The first-order valence-electron chi connectivity index (χ1n) is 15.6. The molecule has 1 rings (SSSR count). The fraction of sp³-hybridized carbons (Fsp3) is 0.581. The Kier molecular flexibility index (Phi) is 17.1. The number of benzene rings is 1. The number of carboxylic acid groups (broad SMARTS) is 1. The Morgan fingerprint density at radius 2 is 1.20 bits per heavy atom. The largest absolute Gasteiger partial charge is 0.508 e. The molecule has 18 heteroatoms. The minimum atomic E-state index is -1.71. The van der Waals surface area contributed by atoms with Gasteiger partial charge in [0.1, 0.15) is 36.0 Å². The number of aromatic hydroxyl groups is 1. The predicted molar refractivity (Wildman–Crippen MR) is 174 cm³/mol. The first kappa shape index (κ1) is 42.2. The summed E-state index contributed by atoms with van der Waals surface area (Å²) in [5, 5.41) is 50.3. The van der Waals surface area contributed by atoms with Gasteiger partial charge in [-0.05, 0) is 49.3 Å². The molecule has 274 valence electrons. The second-order valence-electron chi connectivity index (χ2n) is 12.4. The van der Waals surface area contributed by atoms with E-state index in [1.165, 1.54) is 26.0 Å². The van der Waals surface area contributed by atoms with Crippen molar-refractivity contribution in [3.63, 3.8) is 0 Å². The molecular formula is C31H49N7O11. The first-order valence-corrected chi connectivity index (χ1v) is 15.6. The maximum absolute atomic E-state index is 13.4. The highest BCUT2D eigenvalue weighted by atomic mass is 16.4. The number of rotatable bonds is 20. The van der Waals surface area contributed by atoms with Crippen LogP contribution in [-0.4, -0.2) is 111 Å². The van der Waals surface area contributed by atoms with Gasteiger partial charge in [-0.15, -0.1) is 0 Å². The van der Waals surface area contributed by atoms with E-state index in [0.29, 0.717) is 5.56 Å². The molecule has 1 unspecified atom stereocenters. The lowest BCUT2D eigenvalue weighted by Gasteiger charge is -2.28. The molecule has 0 fully saturated rings. The number of primary amides is 1. The van der Waals surface area contributed by atoms with Crippen molar-refractivity contribution in [3.8, 4) is 5.75 Å². The molecule has 13 N–H and O–H groups in total. The highest BCUT2D eigenvalue weighted by Crippen LogP contribution is 2.12. The molecule has 1 aromatic carbocycles. The molecule has 7 atom stereocenters. The Labute approximate surface area is 283 Å². The maximum atomic E-state index is 13.4. The molecule has 0 heterocycles. The molecular weight excluding hydrogens is 646 g/mol. The van der Waals surface area contributed by atoms with Gasteiger partial charge < -0.3 is 58.5 Å². The van der Waals surface area contributed by atoms with Crippen LogP contribution in [0.5, 0.6) is 5.75 Å². The summed E-state index contributed by atoms with van der Waals surface area (Å²) in [7, 11) is 0.